The van der Waals surface area contributed by atoms with Crippen LogP contribution in [0.25, 0.3) is 10.8 Å². The van der Waals surface area contributed by atoms with Crippen LogP contribution in [0.5, 0.6) is 0 Å². The summed E-state index contributed by atoms with van der Waals surface area (Å²) < 4.78 is 0. The number of benzene rings is 3. The number of nitrogens with one attached hydrogen (secondary N) is 1. The minimum Gasteiger partial charge on any atom is -0.465 e. The van der Waals surface area contributed by atoms with Gasteiger partial charge in [0.1, 0.15) is 12.1 Å². The van der Waals surface area contributed by atoms with E-state index >= 15 is 0 Å². The Hall–Kier alpha value is -4.40. The number of aryl methyl sites for hydroxylation is 1. The maximum absolute atomic E-state index is 13.8. The van der Waals surface area contributed by atoms with Crippen molar-refractivity contribution in [1.29, 1.82) is 0 Å². The molecule has 0 saturated carbocycles. The number of carbonyl (C=O) groups is 4. The van der Waals surface area contributed by atoms with Gasteiger partial charge in [-0.3, -0.25) is 19.3 Å². The van der Waals surface area contributed by atoms with Gasteiger partial charge in [0.15, 0.2) is 0 Å². The molecule has 0 unspecified atom stereocenters. The molecule has 186 valence electrons. The van der Waals surface area contributed by atoms with Crippen molar-refractivity contribution in [3.05, 3.63) is 77.4 Å². The van der Waals surface area contributed by atoms with Crippen LogP contribution in [0.15, 0.2) is 60.7 Å². The molecule has 0 saturated heterocycles. The molecule has 0 aromatic heterocycles. The molecule has 0 bridgehead atoms. The summed E-state index contributed by atoms with van der Waals surface area (Å²) in [5.41, 5.74) is 8.51. The molecule has 3 aromatic rings. The SMILES string of the molecule is C[C@@H](C(=O)N[C@H]1CCc2ccccc2N(Cc2cccc3c(C(N)=O)cccc23)C1=O)N(C)C(=O)O. The van der Waals surface area contributed by atoms with Gasteiger partial charge >= 0.3 is 6.09 Å². The van der Waals surface area contributed by atoms with Crippen molar-refractivity contribution in [3.63, 3.8) is 0 Å². The highest BCUT2D eigenvalue weighted by Crippen LogP contribution is 2.31. The topological polar surface area (TPSA) is 133 Å². The molecule has 3 aromatic carbocycles. The van der Waals surface area contributed by atoms with Crippen molar-refractivity contribution < 1.29 is 24.3 Å². The van der Waals surface area contributed by atoms with Crippen LogP contribution in [0.3, 0.4) is 0 Å². The van der Waals surface area contributed by atoms with Crippen LogP contribution < -0.4 is 16.0 Å². The number of para-hydroxylation sites is 1. The van der Waals surface area contributed by atoms with Gasteiger partial charge in [0.05, 0.1) is 6.54 Å². The Balaban J connectivity index is 1.70. The first-order chi connectivity index (χ1) is 17.2. The fourth-order valence-corrected chi connectivity index (χ4v) is 4.54. The van der Waals surface area contributed by atoms with Crippen LogP contribution in [0.1, 0.15) is 34.8 Å². The van der Waals surface area contributed by atoms with Gasteiger partial charge in [0.2, 0.25) is 17.7 Å². The minimum absolute atomic E-state index is 0.215. The van der Waals surface area contributed by atoms with E-state index in [0.29, 0.717) is 23.8 Å². The van der Waals surface area contributed by atoms with Crippen molar-refractivity contribution in [2.24, 2.45) is 5.73 Å². The van der Waals surface area contributed by atoms with Gasteiger partial charge in [0, 0.05) is 18.3 Å². The first kappa shape index (κ1) is 24.7. The number of anilines is 1. The number of amides is 4. The van der Waals surface area contributed by atoms with Crippen LogP contribution in [0.4, 0.5) is 10.5 Å². The maximum atomic E-state index is 13.8. The number of carbonyl (C=O) groups excluding carboxylic acids is 3. The molecule has 2 atom stereocenters. The lowest BCUT2D eigenvalue weighted by Gasteiger charge is -2.28. The lowest BCUT2D eigenvalue weighted by molar-refractivity contribution is -0.130. The number of hydrogen-bond acceptors (Lipinski definition) is 4. The number of nitrogens with two attached hydrogens (primary N) is 1. The largest absolute Gasteiger partial charge is 0.465 e. The molecule has 4 rings (SSSR count). The third-order valence-corrected chi connectivity index (χ3v) is 6.73. The molecule has 9 nitrogen and oxygen atoms in total. The second-order valence-corrected chi connectivity index (χ2v) is 8.90. The predicted octanol–water partition coefficient (Wildman–Crippen LogP) is 2.90. The number of nitrogens with zero attached hydrogens (tertiary/aromatic N) is 2. The lowest BCUT2D eigenvalue weighted by Crippen LogP contribution is -2.53. The summed E-state index contributed by atoms with van der Waals surface area (Å²) >= 11 is 0. The Kier molecular flexibility index (Phi) is 6.91. The molecule has 9 heteroatoms. The van der Waals surface area contributed by atoms with Gasteiger partial charge in [0.25, 0.3) is 0 Å². The highest BCUT2D eigenvalue weighted by Gasteiger charge is 2.33. The number of primary amides is 1. The summed E-state index contributed by atoms with van der Waals surface area (Å²) in [5, 5.41) is 13.5. The van der Waals surface area contributed by atoms with Crippen LogP contribution >= 0.6 is 0 Å². The molecule has 0 spiro atoms. The summed E-state index contributed by atoms with van der Waals surface area (Å²) in [6.45, 7) is 1.69. The van der Waals surface area contributed by atoms with Gasteiger partial charge < -0.3 is 21.1 Å². The van der Waals surface area contributed by atoms with E-state index in [2.05, 4.69) is 5.32 Å². The van der Waals surface area contributed by atoms with Gasteiger partial charge in [-0.05, 0) is 53.8 Å². The van der Waals surface area contributed by atoms with Crippen molar-refractivity contribution in [2.75, 3.05) is 11.9 Å². The summed E-state index contributed by atoms with van der Waals surface area (Å²) in [5.74, 6) is -1.36. The summed E-state index contributed by atoms with van der Waals surface area (Å²) in [6.07, 6.45) is -0.290. The van der Waals surface area contributed by atoms with E-state index < -0.39 is 30.0 Å². The Labute approximate surface area is 208 Å². The highest BCUT2D eigenvalue weighted by atomic mass is 16.4. The second-order valence-electron chi connectivity index (χ2n) is 8.90. The molecular weight excluding hydrogens is 460 g/mol. The van der Waals surface area contributed by atoms with E-state index in [1.165, 1.54) is 14.0 Å². The predicted molar refractivity (Wildman–Crippen MR) is 136 cm³/mol. The number of hydrogen-bond donors (Lipinski definition) is 3. The smallest absolute Gasteiger partial charge is 0.407 e. The van der Waals surface area contributed by atoms with Gasteiger partial charge in [-0.2, -0.15) is 0 Å². The van der Waals surface area contributed by atoms with E-state index in [-0.39, 0.29) is 12.5 Å². The Morgan fingerprint density at radius 1 is 1.08 bits per heavy atom. The van der Waals surface area contributed by atoms with Crippen molar-refractivity contribution in [3.8, 4) is 0 Å². The van der Waals surface area contributed by atoms with Crippen LogP contribution in [0.2, 0.25) is 0 Å². The molecule has 36 heavy (non-hydrogen) atoms. The van der Waals surface area contributed by atoms with Crippen LogP contribution in [0, 0.1) is 0 Å². The standard InChI is InChI=1S/C27H28N4O5/c1-16(30(2)27(35)36)25(33)29-22-14-13-17-7-3-4-12-23(17)31(26(22)34)15-18-8-5-10-20-19(18)9-6-11-21(20)24(28)32/h3-12,16,22H,13-15H2,1-2H3,(H2,28,32)(H,29,33)(H,35,36)/t16-,22-/m0/s1. The number of rotatable bonds is 6. The van der Waals surface area contributed by atoms with Crippen LogP contribution in [-0.2, 0) is 22.6 Å². The highest BCUT2D eigenvalue weighted by molar-refractivity contribution is 6.07. The summed E-state index contributed by atoms with van der Waals surface area (Å²) in [6, 6.07) is 16.6. The molecule has 0 aliphatic carbocycles. The molecular formula is C27H28N4O5. The van der Waals surface area contributed by atoms with Gasteiger partial charge in [-0.1, -0.05) is 48.5 Å². The molecule has 0 fully saturated rings. The Morgan fingerprint density at radius 2 is 1.78 bits per heavy atom. The first-order valence-electron chi connectivity index (χ1n) is 11.6. The number of likely N-dealkylation sites (N-methyl/N-ethyl adjacent to an activating group) is 1. The Morgan fingerprint density at radius 3 is 2.50 bits per heavy atom. The summed E-state index contributed by atoms with van der Waals surface area (Å²) in [4.78, 5) is 52.4. The lowest BCUT2D eigenvalue weighted by atomic mass is 9.99. The zero-order chi connectivity index (χ0) is 26.0. The fraction of sp³-hybridized carbons (Fsp3) is 0.259. The minimum atomic E-state index is -1.23. The average molecular weight is 489 g/mol. The zero-order valence-corrected chi connectivity index (χ0v) is 20.1. The van der Waals surface area contributed by atoms with E-state index in [0.717, 1.165) is 27.1 Å². The van der Waals surface area contributed by atoms with E-state index in [1.54, 1.807) is 17.0 Å². The zero-order valence-electron chi connectivity index (χ0n) is 20.1. The Bertz CT molecular complexity index is 1350. The third-order valence-electron chi connectivity index (χ3n) is 6.73. The molecule has 4 amide bonds. The van der Waals surface area contributed by atoms with Crippen molar-refractivity contribution in [1.82, 2.24) is 10.2 Å². The number of carboxylic acid groups (broad SMARTS) is 1. The molecule has 0 radical (unpaired) electrons. The first-order valence-corrected chi connectivity index (χ1v) is 11.6. The normalized spacial score (nSPS) is 16.1. The van der Waals surface area contributed by atoms with E-state index in [4.69, 9.17) is 5.73 Å². The average Bonchev–Trinajstić information content (AvgIpc) is 2.99. The fourth-order valence-electron chi connectivity index (χ4n) is 4.54. The quantitative estimate of drug-likeness (QED) is 0.491. The van der Waals surface area contributed by atoms with Crippen molar-refractivity contribution in [2.45, 2.75) is 38.4 Å². The number of fused-ring (bicyclic) bond motifs is 2. The van der Waals surface area contributed by atoms with Crippen LogP contribution in [-0.4, -0.2) is 53.0 Å². The monoisotopic (exact) mass is 488 g/mol. The van der Waals surface area contributed by atoms with Gasteiger partial charge in [-0.25, -0.2) is 4.79 Å². The van der Waals surface area contributed by atoms with Gasteiger partial charge in [-0.15, -0.1) is 0 Å². The second kappa shape index (κ2) is 10.1. The van der Waals surface area contributed by atoms with E-state index in [9.17, 15) is 24.3 Å². The van der Waals surface area contributed by atoms with E-state index in [1.807, 2.05) is 48.5 Å². The maximum Gasteiger partial charge on any atom is 0.407 e. The van der Waals surface area contributed by atoms with Crippen molar-refractivity contribution >= 4 is 40.3 Å². The summed E-state index contributed by atoms with van der Waals surface area (Å²) in [7, 11) is 1.31. The molecule has 1 aliphatic heterocycles. The molecule has 1 aliphatic rings. The third kappa shape index (κ3) is 4.72. The molecule has 4 N–H and O–H groups in total. The molecule has 1 heterocycles.